The van der Waals surface area contributed by atoms with Gasteiger partial charge in [-0.2, -0.15) is 0 Å². The van der Waals surface area contributed by atoms with Crippen molar-refractivity contribution in [2.75, 3.05) is 13.1 Å². The smallest absolute Gasteiger partial charge is 0.303 e. The standard InChI is InChI=1S/C52H65N11O13/c1-4-28(2)45-52(76)62-40(24-32-25-54-35-13-9-8-12-34(32)35)48(72)56-26-42(66)58-36(18-20-41(53)65)50(74)60-37(19-21-44(68)69)49(73)57-29(3)46(70)61-38(23-31-14-16-33(64)17-15-31)47(71)55-27-43(67)59-39(51(75)63-45)22-30-10-6-5-7-11-30/h5-17,25,28-29,36-40,45,54,64H,4,18-24,26-27H2,1-3H3,(H2,53,65)(H,55,71)(H,56,72)(H,57,73)(H,58,66)(H,59,67)(H,60,74)(H,61,70)(H,62,76)(H,63,75)(H,68,69)/t28-,29+,36-,37-,38-,39-,40-,45-/m0/s1. The molecule has 1 fully saturated rings. The second-order valence-corrected chi connectivity index (χ2v) is 18.5. The Labute approximate surface area is 437 Å². The number of hydrogen-bond acceptors (Lipinski definition) is 12. The van der Waals surface area contributed by atoms with Gasteiger partial charge in [0.2, 0.25) is 59.1 Å². The summed E-state index contributed by atoms with van der Waals surface area (Å²) in [6.45, 7) is 3.22. The summed E-state index contributed by atoms with van der Waals surface area (Å²) < 4.78 is 0. The van der Waals surface area contributed by atoms with Crippen LogP contribution in [0.25, 0.3) is 10.9 Å². The third-order valence-electron chi connectivity index (χ3n) is 12.7. The van der Waals surface area contributed by atoms with Crippen LogP contribution in [0, 0.1) is 5.92 Å². The molecule has 14 N–H and O–H groups in total. The van der Waals surface area contributed by atoms with Gasteiger partial charge in [0.15, 0.2) is 0 Å². The van der Waals surface area contributed by atoms with Gasteiger partial charge in [-0.3, -0.25) is 52.7 Å². The number of aromatic nitrogens is 1. The van der Waals surface area contributed by atoms with Crippen molar-refractivity contribution in [1.29, 1.82) is 0 Å². The third-order valence-corrected chi connectivity index (χ3v) is 12.7. The molecule has 0 spiro atoms. The minimum Gasteiger partial charge on any atom is -0.508 e. The van der Waals surface area contributed by atoms with E-state index in [1.807, 2.05) is 0 Å². The number of rotatable bonds is 14. The number of nitrogens with two attached hydrogens (primary N) is 1. The number of carboxylic acids is 1. The van der Waals surface area contributed by atoms with Crippen LogP contribution in [0.15, 0.2) is 85.1 Å². The zero-order chi connectivity index (χ0) is 55.5. The van der Waals surface area contributed by atoms with Crippen molar-refractivity contribution in [3.63, 3.8) is 0 Å². The van der Waals surface area contributed by atoms with Crippen molar-refractivity contribution in [3.05, 3.63) is 102 Å². The fraction of sp³-hybridized carbons (Fsp3) is 0.404. The van der Waals surface area contributed by atoms with E-state index < -0.39 is 152 Å². The predicted molar refractivity (Wildman–Crippen MR) is 274 cm³/mol. The topological polar surface area (TPSA) is 378 Å². The lowest BCUT2D eigenvalue weighted by Gasteiger charge is -2.28. The van der Waals surface area contributed by atoms with Crippen LogP contribution in [0.1, 0.15) is 69.6 Å². The molecule has 4 aromatic rings. The number of benzene rings is 3. The zero-order valence-corrected chi connectivity index (χ0v) is 42.2. The summed E-state index contributed by atoms with van der Waals surface area (Å²) in [5, 5.41) is 42.9. The zero-order valence-electron chi connectivity index (χ0n) is 42.2. The van der Waals surface area contributed by atoms with Crippen LogP contribution in [0.5, 0.6) is 5.75 Å². The van der Waals surface area contributed by atoms with E-state index in [2.05, 4.69) is 52.8 Å². The van der Waals surface area contributed by atoms with E-state index in [1.54, 1.807) is 74.6 Å². The monoisotopic (exact) mass is 1050 g/mol. The van der Waals surface area contributed by atoms with Crippen LogP contribution in [-0.2, 0) is 72.0 Å². The molecule has 0 saturated carbocycles. The second-order valence-electron chi connectivity index (χ2n) is 18.5. The Hall–Kier alpha value is -8.83. The molecular weight excluding hydrogens is 987 g/mol. The molecule has 1 saturated heterocycles. The molecule has 2 heterocycles. The van der Waals surface area contributed by atoms with Crippen LogP contribution < -0.4 is 53.6 Å². The normalized spacial score (nSPS) is 22.7. The van der Waals surface area contributed by atoms with E-state index >= 15 is 0 Å². The second kappa shape index (κ2) is 28.0. The number of para-hydroxylation sites is 1. The minimum absolute atomic E-state index is 0.0698. The molecule has 8 atom stereocenters. The van der Waals surface area contributed by atoms with E-state index in [4.69, 9.17) is 5.73 Å². The average Bonchev–Trinajstić information content (AvgIpc) is 3.80. The molecule has 10 amide bonds. The number of aromatic amines is 1. The maximum atomic E-state index is 14.5. The molecule has 5 rings (SSSR count). The first kappa shape index (κ1) is 58.1. The lowest BCUT2D eigenvalue weighted by atomic mass is 9.96. The lowest BCUT2D eigenvalue weighted by Crippen LogP contribution is -2.60. The Morgan fingerprint density at radius 3 is 1.70 bits per heavy atom. The number of primary amides is 1. The summed E-state index contributed by atoms with van der Waals surface area (Å²) in [6.07, 6.45) is -0.413. The minimum atomic E-state index is -1.65. The highest BCUT2D eigenvalue weighted by Crippen LogP contribution is 2.20. The molecule has 0 unspecified atom stereocenters. The average molecular weight is 1050 g/mol. The molecule has 1 aliphatic rings. The molecule has 24 nitrogen and oxygen atoms in total. The van der Waals surface area contributed by atoms with Crippen LogP contribution in [-0.4, -0.2) is 136 Å². The first-order valence-corrected chi connectivity index (χ1v) is 24.7. The third kappa shape index (κ3) is 17.7. The van der Waals surface area contributed by atoms with Gasteiger partial charge in [0, 0.05) is 49.2 Å². The van der Waals surface area contributed by atoms with Crippen molar-refractivity contribution in [2.45, 2.75) is 114 Å². The van der Waals surface area contributed by atoms with Gasteiger partial charge >= 0.3 is 5.97 Å². The Balaban J connectivity index is 1.53. The van der Waals surface area contributed by atoms with Crippen LogP contribution in [0.4, 0.5) is 0 Å². The van der Waals surface area contributed by atoms with E-state index in [-0.39, 0.29) is 25.0 Å². The molecular formula is C52H65N11O13. The van der Waals surface area contributed by atoms with Crippen molar-refractivity contribution in [3.8, 4) is 5.75 Å². The Kier molecular flexibility index (Phi) is 21.4. The number of phenolic OH excluding ortho intramolecular Hbond substituents is 1. The first-order chi connectivity index (χ1) is 36.2. The summed E-state index contributed by atoms with van der Waals surface area (Å²) in [4.78, 5) is 152. The quantitative estimate of drug-likeness (QED) is 0.0702. The van der Waals surface area contributed by atoms with Crippen LogP contribution in [0.2, 0.25) is 0 Å². The Bertz CT molecular complexity index is 2750. The molecule has 1 aliphatic heterocycles. The highest BCUT2D eigenvalue weighted by atomic mass is 16.4. The molecule has 1 aromatic heterocycles. The number of hydrogen-bond donors (Lipinski definition) is 13. The summed E-state index contributed by atoms with van der Waals surface area (Å²) in [5.74, 6) is -11.0. The number of phenols is 1. The number of amides is 10. The highest BCUT2D eigenvalue weighted by Gasteiger charge is 2.35. The predicted octanol–water partition coefficient (Wildman–Crippen LogP) is -1.26. The maximum absolute atomic E-state index is 14.5. The van der Waals surface area contributed by atoms with Crippen molar-refractivity contribution in [2.24, 2.45) is 11.7 Å². The number of carboxylic acid groups (broad SMARTS) is 1. The Morgan fingerprint density at radius 2 is 1.08 bits per heavy atom. The number of fused-ring (bicyclic) bond motifs is 1. The lowest BCUT2D eigenvalue weighted by molar-refractivity contribution is -0.138. The molecule has 3 aromatic carbocycles. The van der Waals surface area contributed by atoms with Crippen molar-refractivity contribution in [1.82, 2.24) is 52.8 Å². The number of H-pyrrole nitrogens is 1. The van der Waals surface area contributed by atoms with E-state index in [0.717, 1.165) is 10.9 Å². The molecule has 0 aliphatic carbocycles. The molecule has 24 heteroatoms. The summed E-state index contributed by atoms with van der Waals surface area (Å²) in [7, 11) is 0. The number of nitrogens with one attached hydrogen (secondary N) is 10. The molecule has 76 heavy (non-hydrogen) atoms. The van der Waals surface area contributed by atoms with E-state index in [9.17, 15) is 63.0 Å². The summed E-state index contributed by atoms with van der Waals surface area (Å²) >= 11 is 0. The maximum Gasteiger partial charge on any atom is 0.303 e. The highest BCUT2D eigenvalue weighted by molar-refractivity contribution is 5.99. The fourth-order valence-electron chi connectivity index (χ4n) is 8.20. The number of aliphatic carboxylic acids is 1. The van der Waals surface area contributed by atoms with Crippen molar-refractivity contribution < 1.29 is 63.0 Å². The van der Waals surface area contributed by atoms with Crippen LogP contribution in [0.3, 0.4) is 0 Å². The van der Waals surface area contributed by atoms with E-state index in [1.165, 1.54) is 31.2 Å². The van der Waals surface area contributed by atoms with Gasteiger partial charge in [-0.25, -0.2) is 0 Å². The fourth-order valence-corrected chi connectivity index (χ4v) is 8.20. The van der Waals surface area contributed by atoms with Gasteiger partial charge < -0.3 is 68.8 Å². The van der Waals surface area contributed by atoms with Crippen molar-refractivity contribution >= 4 is 75.9 Å². The van der Waals surface area contributed by atoms with Gasteiger partial charge in [-0.15, -0.1) is 0 Å². The van der Waals surface area contributed by atoms with Gasteiger partial charge in [0.25, 0.3) is 0 Å². The molecule has 406 valence electrons. The summed E-state index contributed by atoms with van der Waals surface area (Å²) in [6, 6.07) is 11.3. The SMILES string of the molecule is CC[C@H](C)[C@@H]1NC(=O)[C@H](Cc2ccccc2)NC(=O)CNC(=O)[C@H](Cc2ccc(O)cc2)NC(=O)[C@@H](C)NC(=O)[C@H](CCC(=O)O)NC(=O)[C@H](CCC(N)=O)NC(=O)CNC(=O)[C@H](Cc2c[nH]c3ccccc23)NC1=O. The van der Waals surface area contributed by atoms with Crippen LogP contribution >= 0.6 is 0 Å². The molecule has 0 bridgehead atoms. The largest absolute Gasteiger partial charge is 0.508 e. The summed E-state index contributed by atoms with van der Waals surface area (Å²) in [5.41, 5.74) is 7.77. The number of aromatic hydroxyl groups is 1. The van der Waals surface area contributed by atoms with Gasteiger partial charge in [-0.05, 0) is 60.6 Å². The van der Waals surface area contributed by atoms with Gasteiger partial charge in [0.05, 0.1) is 13.1 Å². The van der Waals surface area contributed by atoms with Gasteiger partial charge in [-0.1, -0.05) is 80.9 Å². The number of carbonyl (C=O) groups is 11. The Morgan fingerprint density at radius 1 is 0.579 bits per heavy atom. The van der Waals surface area contributed by atoms with E-state index in [0.29, 0.717) is 23.1 Å². The first-order valence-electron chi connectivity index (χ1n) is 24.7. The number of carbonyl (C=O) groups excluding carboxylic acids is 10. The molecule has 0 radical (unpaired) electrons. The van der Waals surface area contributed by atoms with Gasteiger partial charge in [0.1, 0.15) is 48.0 Å².